The third kappa shape index (κ3) is 3.46. The number of rotatable bonds is 5. The molecule has 0 saturated heterocycles. The molecule has 0 aliphatic rings. The average Bonchev–Trinajstić information content (AvgIpc) is 3.09. The van der Waals surface area contributed by atoms with Gasteiger partial charge in [-0.3, -0.25) is 14.2 Å². The molecule has 2 N–H and O–H groups in total. The predicted octanol–water partition coefficient (Wildman–Crippen LogP) is 2.98. The number of hydrogen-bond acceptors (Lipinski definition) is 4. The van der Waals surface area contributed by atoms with Crippen molar-refractivity contribution in [1.29, 1.82) is 0 Å². The smallest absolute Gasteiger partial charge is 0.262 e. The van der Waals surface area contributed by atoms with Crippen LogP contribution in [0, 0.1) is 4.77 Å². The first-order chi connectivity index (χ1) is 13.5. The Balaban J connectivity index is 1.47. The van der Waals surface area contributed by atoms with Crippen molar-refractivity contribution in [2.75, 3.05) is 7.05 Å². The number of benzene rings is 2. The van der Waals surface area contributed by atoms with Gasteiger partial charge in [-0.05, 0) is 36.5 Å². The predicted molar refractivity (Wildman–Crippen MR) is 111 cm³/mol. The topological polar surface area (TPSA) is 86.8 Å². The molecule has 0 bridgehead atoms. The fraction of sp³-hybridized carbons (Fsp3) is 0.200. The van der Waals surface area contributed by atoms with Crippen molar-refractivity contribution < 1.29 is 4.79 Å². The number of imidazole rings is 1. The lowest BCUT2D eigenvalue weighted by Crippen LogP contribution is -2.30. The molecule has 142 valence electrons. The Hall–Kier alpha value is -3.26. The first-order valence-corrected chi connectivity index (χ1v) is 9.33. The molecular weight excluding hydrogens is 374 g/mol. The fourth-order valence-electron chi connectivity index (χ4n) is 3.19. The van der Waals surface area contributed by atoms with Gasteiger partial charge in [0.25, 0.3) is 5.56 Å². The van der Waals surface area contributed by atoms with Crippen molar-refractivity contribution in [2.24, 2.45) is 0 Å². The highest BCUT2D eigenvalue weighted by atomic mass is 32.1. The molecule has 2 aromatic heterocycles. The number of para-hydroxylation sites is 3. The molecule has 1 amide bonds. The van der Waals surface area contributed by atoms with Gasteiger partial charge in [0.15, 0.2) is 4.77 Å². The Morgan fingerprint density at radius 3 is 2.61 bits per heavy atom. The van der Waals surface area contributed by atoms with Gasteiger partial charge in [-0.1, -0.05) is 24.3 Å². The van der Waals surface area contributed by atoms with E-state index in [2.05, 4.69) is 15.0 Å². The number of nitrogens with zero attached hydrogens (tertiary/aromatic N) is 3. The highest BCUT2D eigenvalue weighted by Gasteiger charge is 2.13. The third-order valence-corrected chi connectivity index (χ3v) is 5.01. The molecule has 0 radical (unpaired) electrons. The third-order valence-electron chi connectivity index (χ3n) is 4.69. The maximum atomic E-state index is 12.7. The van der Waals surface area contributed by atoms with Gasteiger partial charge in [0.05, 0.1) is 28.5 Å². The number of carbonyl (C=O) groups excluding carboxylic acids is 1. The largest absolute Gasteiger partial charge is 0.340 e. The van der Waals surface area contributed by atoms with Crippen LogP contribution in [0.2, 0.25) is 0 Å². The monoisotopic (exact) mass is 393 g/mol. The SMILES string of the molecule is CN(Cc1nc2ccccc2[nH]1)C(=O)CCn1c(=S)[nH]c2ccccc2c1=O. The van der Waals surface area contributed by atoms with E-state index < -0.39 is 0 Å². The van der Waals surface area contributed by atoms with Gasteiger partial charge in [-0.2, -0.15) is 0 Å². The molecule has 2 aromatic carbocycles. The molecule has 0 saturated carbocycles. The van der Waals surface area contributed by atoms with E-state index in [9.17, 15) is 9.59 Å². The zero-order chi connectivity index (χ0) is 19.7. The maximum absolute atomic E-state index is 12.7. The summed E-state index contributed by atoms with van der Waals surface area (Å²) in [7, 11) is 1.72. The summed E-state index contributed by atoms with van der Waals surface area (Å²) in [5, 5.41) is 0.555. The van der Waals surface area contributed by atoms with E-state index in [0.717, 1.165) is 16.9 Å². The Morgan fingerprint density at radius 1 is 1.11 bits per heavy atom. The van der Waals surface area contributed by atoms with Crippen molar-refractivity contribution >= 4 is 40.1 Å². The molecule has 0 aliphatic heterocycles. The molecule has 0 unspecified atom stereocenters. The number of amides is 1. The van der Waals surface area contributed by atoms with E-state index >= 15 is 0 Å². The van der Waals surface area contributed by atoms with Crippen LogP contribution in [0.25, 0.3) is 21.9 Å². The van der Waals surface area contributed by atoms with Crippen LogP contribution in [-0.2, 0) is 17.9 Å². The van der Waals surface area contributed by atoms with E-state index in [4.69, 9.17) is 12.2 Å². The first-order valence-electron chi connectivity index (χ1n) is 8.92. The van der Waals surface area contributed by atoms with Crippen molar-refractivity contribution in [3.63, 3.8) is 0 Å². The average molecular weight is 393 g/mol. The number of carbonyl (C=O) groups is 1. The molecule has 0 aliphatic carbocycles. The van der Waals surface area contributed by atoms with E-state index in [-0.39, 0.29) is 24.4 Å². The zero-order valence-electron chi connectivity index (χ0n) is 15.3. The molecule has 8 heteroatoms. The van der Waals surface area contributed by atoms with Gasteiger partial charge < -0.3 is 14.9 Å². The lowest BCUT2D eigenvalue weighted by atomic mass is 10.2. The number of nitrogens with one attached hydrogen (secondary N) is 2. The van der Waals surface area contributed by atoms with Crippen LogP contribution < -0.4 is 5.56 Å². The van der Waals surface area contributed by atoms with Gasteiger partial charge >= 0.3 is 0 Å². The summed E-state index contributed by atoms with van der Waals surface area (Å²) in [6.45, 7) is 0.593. The second-order valence-electron chi connectivity index (χ2n) is 6.63. The van der Waals surface area contributed by atoms with Gasteiger partial charge in [0.2, 0.25) is 5.91 Å². The highest BCUT2D eigenvalue weighted by Crippen LogP contribution is 2.12. The van der Waals surface area contributed by atoms with Gasteiger partial charge in [0, 0.05) is 20.0 Å². The van der Waals surface area contributed by atoms with E-state index in [1.165, 1.54) is 4.57 Å². The molecule has 0 spiro atoms. The van der Waals surface area contributed by atoms with Crippen LogP contribution in [0.5, 0.6) is 0 Å². The van der Waals surface area contributed by atoms with Gasteiger partial charge in [0.1, 0.15) is 5.82 Å². The second-order valence-corrected chi connectivity index (χ2v) is 7.02. The molecule has 28 heavy (non-hydrogen) atoms. The fourth-order valence-corrected chi connectivity index (χ4v) is 3.48. The summed E-state index contributed by atoms with van der Waals surface area (Å²) in [5.41, 5.74) is 2.31. The van der Waals surface area contributed by atoms with Crippen LogP contribution in [0.3, 0.4) is 0 Å². The number of aromatic nitrogens is 4. The maximum Gasteiger partial charge on any atom is 0.262 e. The van der Waals surface area contributed by atoms with E-state index in [1.54, 1.807) is 24.1 Å². The molecule has 4 rings (SSSR count). The van der Waals surface area contributed by atoms with Crippen molar-refractivity contribution in [3.05, 3.63) is 69.5 Å². The van der Waals surface area contributed by atoms with Crippen LogP contribution in [-0.4, -0.2) is 37.4 Å². The second kappa shape index (κ2) is 7.40. The van der Waals surface area contributed by atoms with Crippen molar-refractivity contribution in [1.82, 2.24) is 24.4 Å². The van der Waals surface area contributed by atoms with E-state index in [1.807, 2.05) is 36.4 Å². The van der Waals surface area contributed by atoms with Gasteiger partial charge in [-0.15, -0.1) is 0 Å². The Labute approximate surface area is 165 Å². The molecule has 2 heterocycles. The lowest BCUT2D eigenvalue weighted by Gasteiger charge is -2.16. The minimum atomic E-state index is -0.188. The normalized spacial score (nSPS) is 11.2. The first kappa shape index (κ1) is 18.1. The van der Waals surface area contributed by atoms with Gasteiger partial charge in [-0.25, -0.2) is 4.98 Å². The summed E-state index contributed by atoms with van der Waals surface area (Å²) in [4.78, 5) is 37.5. The van der Waals surface area contributed by atoms with E-state index in [0.29, 0.717) is 22.2 Å². The molecular formula is C20H19N5O2S. The summed E-state index contributed by atoms with van der Waals surface area (Å²) in [6, 6.07) is 14.9. The molecule has 0 atom stereocenters. The van der Waals surface area contributed by atoms with Crippen LogP contribution in [0.4, 0.5) is 0 Å². The van der Waals surface area contributed by atoms with Crippen LogP contribution in [0.15, 0.2) is 53.3 Å². The molecule has 4 aromatic rings. The minimum Gasteiger partial charge on any atom is -0.340 e. The standard InChI is InChI=1S/C20H19N5O2S/c1-24(12-17-21-15-8-4-5-9-16(15)22-17)18(26)10-11-25-19(27)13-6-2-3-7-14(13)23-20(25)28/h2-9H,10-12H2,1H3,(H,21,22)(H,23,28). The minimum absolute atomic E-state index is 0.0880. The number of aromatic amines is 2. The summed E-state index contributed by atoms with van der Waals surface area (Å²) < 4.78 is 1.75. The Kier molecular flexibility index (Phi) is 4.79. The highest BCUT2D eigenvalue weighted by molar-refractivity contribution is 7.71. The summed E-state index contributed by atoms with van der Waals surface area (Å²) in [6.07, 6.45) is 0.173. The summed E-state index contributed by atoms with van der Waals surface area (Å²) in [5.74, 6) is 0.632. The zero-order valence-corrected chi connectivity index (χ0v) is 16.1. The number of fused-ring (bicyclic) bond motifs is 2. The molecule has 7 nitrogen and oxygen atoms in total. The molecule has 0 fully saturated rings. The Morgan fingerprint density at radius 2 is 1.82 bits per heavy atom. The van der Waals surface area contributed by atoms with Crippen LogP contribution in [0.1, 0.15) is 12.2 Å². The summed E-state index contributed by atoms with van der Waals surface area (Å²) >= 11 is 5.29. The lowest BCUT2D eigenvalue weighted by molar-refractivity contribution is -0.130. The Bertz CT molecular complexity index is 1250. The number of H-pyrrole nitrogens is 2. The van der Waals surface area contributed by atoms with Crippen molar-refractivity contribution in [3.8, 4) is 0 Å². The van der Waals surface area contributed by atoms with Crippen LogP contribution >= 0.6 is 12.2 Å². The quantitative estimate of drug-likeness (QED) is 0.511. The number of hydrogen-bond donors (Lipinski definition) is 2. The van der Waals surface area contributed by atoms with Crippen molar-refractivity contribution in [2.45, 2.75) is 19.5 Å².